The average molecular weight is 793 g/mol. The molecule has 0 heterocycles. The Kier molecular flexibility index (Phi) is 41.8. The van der Waals surface area contributed by atoms with Crippen LogP contribution in [0, 0.1) is 11.8 Å². The molecule has 2 atom stereocenters. The Morgan fingerprint density at radius 3 is 1.02 bits per heavy atom. The highest BCUT2D eigenvalue weighted by Gasteiger charge is 2.19. The molecule has 0 aromatic rings. The molecule has 0 aromatic carbocycles. The molecular weight excluding hydrogens is 697 g/mol. The van der Waals surface area contributed by atoms with Crippen molar-refractivity contribution in [3.05, 3.63) is 0 Å². The molecule has 1 unspecified atom stereocenters. The lowest BCUT2D eigenvalue weighted by molar-refractivity contribution is -0.167. The number of hydrogen-bond donors (Lipinski definition) is 0. The predicted molar refractivity (Wildman–Crippen MR) is 238 cm³/mol. The smallest absolute Gasteiger partial charge is 0.306 e. The molecule has 6 heteroatoms. The van der Waals surface area contributed by atoms with Gasteiger partial charge in [0.05, 0.1) is 0 Å². The van der Waals surface area contributed by atoms with E-state index in [9.17, 15) is 14.4 Å². The number of esters is 3. The molecule has 0 N–H and O–H groups in total. The number of hydrogen-bond acceptors (Lipinski definition) is 6. The largest absolute Gasteiger partial charge is 0.462 e. The molecule has 0 saturated carbocycles. The van der Waals surface area contributed by atoms with E-state index >= 15 is 0 Å². The Morgan fingerprint density at radius 1 is 0.375 bits per heavy atom. The minimum absolute atomic E-state index is 0.0648. The van der Waals surface area contributed by atoms with Crippen molar-refractivity contribution < 1.29 is 28.6 Å². The molecule has 0 spiro atoms. The van der Waals surface area contributed by atoms with E-state index in [1.54, 1.807) is 0 Å². The SMILES string of the molecule is CCCCCCCCCCCCCCCCCC(=O)OC[C@@H](COC(=O)CCCCCCCCC(C)CC)OC(=O)CCCCCCCCCCCCC(C)C. The van der Waals surface area contributed by atoms with Gasteiger partial charge in [0.25, 0.3) is 0 Å². The van der Waals surface area contributed by atoms with E-state index in [0.717, 1.165) is 69.6 Å². The van der Waals surface area contributed by atoms with Crippen molar-refractivity contribution in [3.63, 3.8) is 0 Å². The molecule has 0 aliphatic heterocycles. The Morgan fingerprint density at radius 2 is 0.679 bits per heavy atom. The molecule has 0 saturated heterocycles. The lowest BCUT2D eigenvalue weighted by Crippen LogP contribution is -2.30. The van der Waals surface area contributed by atoms with Gasteiger partial charge < -0.3 is 14.2 Å². The summed E-state index contributed by atoms with van der Waals surface area (Å²) in [5.41, 5.74) is 0. The molecule has 0 aliphatic carbocycles. The van der Waals surface area contributed by atoms with Crippen molar-refractivity contribution >= 4 is 17.9 Å². The van der Waals surface area contributed by atoms with Crippen LogP contribution in [0.25, 0.3) is 0 Å². The minimum Gasteiger partial charge on any atom is -0.462 e. The monoisotopic (exact) mass is 793 g/mol. The van der Waals surface area contributed by atoms with Gasteiger partial charge in [-0.1, -0.05) is 234 Å². The van der Waals surface area contributed by atoms with Crippen molar-refractivity contribution in [2.24, 2.45) is 11.8 Å². The summed E-state index contributed by atoms with van der Waals surface area (Å²) in [5, 5.41) is 0. The molecular formula is C50H96O6. The van der Waals surface area contributed by atoms with E-state index in [0.29, 0.717) is 19.3 Å². The molecule has 6 nitrogen and oxygen atoms in total. The number of rotatable bonds is 44. The summed E-state index contributed by atoms with van der Waals surface area (Å²) >= 11 is 0. The molecule has 0 fully saturated rings. The van der Waals surface area contributed by atoms with Crippen molar-refractivity contribution in [1.82, 2.24) is 0 Å². The van der Waals surface area contributed by atoms with Crippen molar-refractivity contribution in [3.8, 4) is 0 Å². The predicted octanol–water partition coefficient (Wildman–Crippen LogP) is 15.8. The molecule has 332 valence electrons. The lowest BCUT2D eigenvalue weighted by atomic mass is 10.00. The Hall–Kier alpha value is -1.59. The van der Waals surface area contributed by atoms with Gasteiger partial charge in [0.1, 0.15) is 13.2 Å². The van der Waals surface area contributed by atoms with Gasteiger partial charge in [0.15, 0.2) is 6.10 Å². The van der Waals surface area contributed by atoms with Gasteiger partial charge in [-0.05, 0) is 31.1 Å². The van der Waals surface area contributed by atoms with E-state index in [2.05, 4.69) is 34.6 Å². The number of ether oxygens (including phenoxy) is 3. The Balaban J connectivity index is 4.31. The van der Waals surface area contributed by atoms with E-state index in [1.165, 1.54) is 161 Å². The van der Waals surface area contributed by atoms with Gasteiger partial charge in [0, 0.05) is 19.3 Å². The number of carbonyl (C=O) groups excluding carboxylic acids is 3. The summed E-state index contributed by atoms with van der Waals surface area (Å²) in [4.78, 5) is 37.8. The third-order valence-electron chi connectivity index (χ3n) is 11.6. The molecule has 0 aromatic heterocycles. The normalized spacial score (nSPS) is 12.5. The van der Waals surface area contributed by atoms with Crippen molar-refractivity contribution in [2.45, 2.75) is 278 Å². The fraction of sp³-hybridized carbons (Fsp3) is 0.940. The van der Waals surface area contributed by atoms with E-state index in [1.807, 2.05) is 0 Å². The molecule has 0 rings (SSSR count). The fourth-order valence-electron chi connectivity index (χ4n) is 7.43. The minimum atomic E-state index is -0.762. The van der Waals surface area contributed by atoms with E-state index < -0.39 is 6.10 Å². The van der Waals surface area contributed by atoms with Gasteiger partial charge >= 0.3 is 17.9 Å². The van der Waals surface area contributed by atoms with Crippen LogP contribution in [0.2, 0.25) is 0 Å². The standard InChI is InChI=1S/C50H96O6/c1-6-8-9-10-11-12-13-14-15-16-17-21-24-30-35-40-48(51)54-43-47(44-55-49(52)41-36-31-27-26-29-34-39-46(5)7-2)56-50(53)42-37-32-25-22-19-18-20-23-28-33-38-45(3)4/h45-47H,6-44H2,1-5H3/t46?,47-/m0/s1. The van der Waals surface area contributed by atoms with Gasteiger partial charge in [-0.15, -0.1) is 0 Å². The van der Waals surface area contributed by atoms with Crippen molar-refractivity contribution in [1.29, 1.82) is 0 Å². The molecule has 0 amide bonds. The van der Waals surface area contributed by atoms with Gasteiger partial charge in [0.2, 0.25) is 0 Å². The van der Waals surface area contributed by atoms with Crippen LogP contribution in [0.5, 0.6) is 0 Å². The zero-order valence-electron chi connectivity index (χ0n) is 38.3. The lowest BCUT2D eigenvalue weighted by Gasteiger charge is -2.18. The topological polar surface area (TPSA) is 78.9 Å². The summed E-state index contributed by atoms with van der Waals surface area (Å²) in [5.74, 6) is 0.776. The first-order valence-corrected chi connectivity index (χ1v) is 24.8. The summed E-state index contributed by atoms with van der Waals surface area (Å²) in [7, 11) is 0. The average Bonchev–Trinajstić information content (AvgIpc) is 3.18. The maximum atomic E-state index is 12.7. The highest BCUT2D eigenvalue weighted by Crippen LogP contribution is 2.17. The van der Waals surface area contributed by atoms with Crippen LogP contribution in [-0.2, 0) is 28.6 Å². The highest BCUT2D eigenvalue weighted by atomic mass is 16.6. The molecule has 0 aliphatic rings. The maximum Gasteiger partial charge on any atom is 0.306 e. The zero-order valence-corrected chi connectivity index (χ0v) is 38.3. The first kappa shape index (κ1) is 54.4. The van der Waals surface area contributed by atoms with E-state index in [4.69, 9.17) is 14.2 Å². The molecule has 0 radical (unpaired) electrons. The fourth-order valence-corrected chi connectivity index (χ4v) is 7.43. The van der Waals surface area contributed by atoms with Crippen LogP contribution in [0.3, 0.4) is 0 Å². The third kappa shape index (κ3) is 42.0. The second kappa shape index (κ2) is 43.0. The first-order valence-electron chi connectivity index (χ1n) is 24.8. The van der Waals surface area contributed by atoms with Gasteiger partial charge in [-0.25, -0.2) is 0 Å². The first-order chi connectivity index (χ1) is 27.3. The number of carbonyl (C=O) groups is 3. The maximum absolute atomic E-state index is 12.7. The van der Waals surface area contributed by atoms with Crippen LogP contribution in [0.15, 0.2) is 0 Å². The highest BCUT2D eigenvalue weighted by molar-refractivity contribution is 5.71. The van der Waals surface area contributed by atoms with Crippen LogP contribution in [0.1, 0.15) is 272 Å². The van der Waals surface area contributed by atoms with Crippen LogP contribution in [0.4, 0.5) is 0 Å². The second-order valence-electron chi connectivity index (χ2n) is 17.8. The van der Waals surface area contributed by atoms with Gasteiger partial charge in [-0.3, -0.25) is 14.4 Å². The summed E-state index contributed by atoms with van der Waals surface area (Å²) in [6.07, 6.45) is 42.3. The Bertz CT molecular complexity index is 856. The summed E-state index contributed by atoms with van der Waals surface area (Å²) in [6, 6.07) is 0. The van der Waals surface area contributed by atoms with Crippen LogP contribution >= 0.6 is 0 Å². The van der Waals surface area contributed by atoms with E-state index in [-0.39, 0.29) is 31.1 Å². The third-order valence-corrected chi connectivity index (χ3v) is 11.6. The van der Waals surface area contributed by atoms with Crippen LogP contribution < -0.4 is 0 Å². The van der Waals surface area contributed by atoms with Gasteiger partial charge in [-0.2, -0.15) is 0 Å². The summed E-state index contributed by atoms with van der Waals surface area (Å²) in [6.45, 7) is 11.3. The molecule has 56 heavy (non-hydrogen) atoms. The van der Waals surface area contributed by atoms with Crippen molar-refractivity contribution in [2.75, 3.05) is 13.2 Å². The Labute approximate surface area is 348 Å². The van der Waals surface area contributed by atoms with Crippen LogP contribution in [-0.4, -0.2) is 37.2 Å². The zero-order chi connectivity index (χ0) is 41.2. The quantitative estimate of drug-likeness (QED) is 0.0347. The number of unbranched alkanes of at least 4 members (excludes halogenated alkanes) is 28. The molecule has 0 bridgehead atoms. The summed E-state index contributed by atoms with van der Waals surface area (Å²) < 4.78 is 16.8. The second-order valence-corrected chi connectivity index (χ2v) is 17.8.